The van der Waals surface area contributed by atoms with Crippen molar-refractivity contribution in [1.29, 1.82) is 0 Å². The van der Waals surface area contributed by atoms with Crippen molar-refractivity contribution in [3.05, 3.63) is 11.1 Å². The maximum atomic E-state index is 14.2. The number of carbonyl (C=O) groups excluding carboxylic acids is 3. The molecule has 1 amide bonds. The van der Waals surface area contributed by atoms with E-state index in [1.165, 1.54) is 7.11 Å². The number of methoxy groups -OCH3 is 1. The van der Waals surface area contributed by atoms with Gasteiger partial charge in [0.15, 0.2) is 5.78 Å². The normalized spacial score (nSPS) is 42.3. The van der Waals surface area contributed by atoms with Crippen LogP contribution in [0.4, 0.5) is 4.79 Å². The average molecular weight is 1010 g/mol. The Morgan fingerprint density at radius 3 is 2.22 bits per heavy atom. The zero-order chi connectivity index (χ0) is 29.5. The Balaban J connectivity index is 0.00000294. The van der Waals surface area contributed by atoms with Crippen molar-refractivity contribution in [2.75, 3.05) is 13.7 Å². The number of esters is 1. The molecule has 12 heteroatoms. The van der Waals surface area contributed by atoms with Crippen LogP contribution in [0.2, 0.25) is 0 Å². The van der Waals surface area contributed by atoms with Gasteiger partial charge in [0.25, 0.3) is 0 Å². The summed E-state index contributed by atoms with van der Waals surface area (Å²) in [5, 5.41) is 38.8. The van der Waals surface area contributed by atoms with Gasteiger partial charge < -0.3 is 34.8 Å². The molecule has 1 saturated heterocycles. The number of ketones is 1. The van der Waals surface area contributed by atoms with E-state index in [0.29, 0.717) is 17.6 Å². The number of carbonyl (C=O) groups is 3. The van der Waals surface area contributed by atoms with E-state index < -0.39 is 82.0 Å². The summed E-state index contributed by atoms with van der Waals surface area (Å²) in [6.45, 7) is 14.3. The molecule has 3 fully saturated rings. The van der Waals surface area contributed by atoms with Gasteiger partial charge in [-0.2, -0.15) is 0 Å². The monoisotopic (exact) mass is 1010 g/mol. The van der Waals surface area contributed by atoms with Crippen LogP contribution in [-0.4, -0.2) is 82.4 Å². The van der Waals surface area contributed by atoms with E-state index in [2.05, 4.69) is 10.1 Å². The van der Waals surface area contributed by atoms with Gasteiger partial charge in [-0.1, -0.05) is 34.6 Å². The van der Waals surface area contributed by atoms with E-state index >= 15 is 0 Å². The van der Waals surface area contributed by atoms with E-state index in [0.717, 1.165) is 0 Å². The number of nitrogens with one attached hydrogen (secondary N) is 1. The third kappa shape index (κ3) is 5.62. The van der Waals surface area contributed by atoms with Crippen LogP contribution in [0.1, 0.15) is 68.2 Å². The summed E-state index contributed by atoms with van der Waals surface area (Å²) < 4.78 is 16.3. The Hall–Kier alpha value is 0.873. The van der Waals surface area contributed by atoms with E-state index in [4.69, 9.17) is 9.47 Å². The first kappa shape index (κ1) is 38.1. The van der Waals surface area contributed by atoms with Crippen molar-refractivity contribution in [3.63, 3.8) is 0 Å². The number of aliphatic hydroxyl groups excluding tert-OH is 1. The molecule has 4 rings (SSSR count). The van der Waals surface area contributed by atoms with Crippen LogP contribution in [0.5, 0.6) is 0 Å². The Bertz CT molecular complexity index is 1100. The van der Waals surface area contributed by atoms with E-state index in [1.807, 2.05) is 13.8 Å². The molecule has 11 atom stereocenters. The van der Waals surface area contributed by atoms with Crippen molar-refractivity contribution in [2.45, 2.75) is 104 Å². The number of fused-ring (bicyclic) bond motifs is 5. The standard InChI is InChI=1S/C29H45NO9.2Ac/c1-13-10-19-28(35,12-38-19)22-16(4)29(36)11-18(39-24(33)14(2)17(5)30-25(34)37-9)15(3)20(26(29,6)7)21(31)23(32)27(13,22)8;;/h13-14,16-19,21-22,31,35-36H,10-12H2,1-9H3,(H,30,34);;/t13?,14?,16?,17?,18?,19?,21?,22?,27-,28?,29?;;/m1../s1. The minimum atomic E-state index is -1.55. The fourth-order valence-electron chi connectivity index (χ4n) is 8.23. The third-order valence-corrected chi connectivity index (χ3v) is 11.2. The minimum Gasteiger partial charge on any atom is -0.457 e. The van der Waals surface area contributed by atoms with Gasteiger partial charge in [-0.15, -0.1) is 0 Å². The van der Waals surface area contributed by atoms with Crippen molar-refractivity contribution in [3.8, 4) is 0 Å². The first-order valence-electron chi connectivity index (χ1n) is 13.9. The molecule has 226 valence electrons. The van der Waals surface area contributed by atoms with E-state index in [-0.39, 0.29) is 107 Å². The van der Waals surface area contributed by atoms with Crippen LogP contribution < -0.4 is 5.32 Å². The molecule has 0 aromatic carbocycles. The molecular weight excluding hydrogens is 960 g/mol. The summed E-state index contributed by atoms with van der Waals surface area (Å²) >= 11 is 0. The molecule has 41 heavy (non-hydrogen) atoms. The Kier molecular flexibility index (Phi) is 12.0. The summed E-state index contributed by atoms with van der Waals surface area (Å²) in [5.74, 6) is -3.25. The predicted molar refractivity (Wildman–Crippen MR) is 140 cm³/mol. The maximum Gasteiger partial charge on any atom is 0.407 e. The first-order valence-corrected chi connectivity index (χ1v) is 13.9. The number of hydrogen-bond acceptors (Lipinski definition) is 9. The van der Waals surface area contributed by atoms with Crippen molar-refractivity contribution in [2.24, 2.45) is 34.5 Å². The van der Waals surface area contributed by atoms with Crippen LogP contribution in [0.3, 0.4) is 0 Å². The van der Waals surface area contributed by atoms with Crippen LogP contribution in [-0.2, 0) is 23.8 Å². The third-order valence-electron chi connectivity index (χ3n) is 11.2. The van der Waals surface area contributed by atoms with Crippen LogP contribution in [0.15, 0.2) is 11.1 Å². The molecule has 2 saturated carbocycles. The molecule has 2 radical (unpaired) electrons. The number of amides is 1. The van der Waals surface area contributed by atoms with Gasteiger partial charge in [0, 0.05) is 117 Å². The van der Waals surface area contributed by atoms with Gasteiger partial charge in [-0.25, -0.2) is 4.79 Å². The summed E-state index contributed by atoms with van der Waals surface area (Å²) in [6.07, 6.45) is -3.09. The Morgan fingerprint density at radius 1 is 1.12 bits per heavy atom. The number of alkyl carbamates (subject to hydrolysis) is 1. The topological polar surface area (TPSA) is 152 Å². The second kappa shape index (κ2) is 12.9. The van der Waals surface area contributed by atoms with Crippen molar-refractivity contribution >= 4 is 17.8 Å². The summed E-state index contributed by atoms with van der Waals surface area (Å²) in [6, 6.07) is -0.591. The van der Waals surface area contributed by atoms with Crippen LogP contribution >= 0.6 is 0 Å². The molecule has 10 nitrogen and oxygen atoms in total. The number of Topliss-reactive ketones (excluding diaryl/α,β-unsaturated/α-hetero) is 1. The molecule has 4 N–H and O–H groups in total. The molecule has 4 aliphatic rings. The molecule has 2 bridgehead atoms. The maximum absolute atomic E-state index is 14.2. The fourth-order valence-corrected chi connectivity index (χ4v) is 8.23. The van der Waals surface area contributed by atoms with E-state index in [1.54, 1.807) is 41.5 Å². The van der Waals surface area contributed by atoms with Crippen molar-refractivity contribution < 1.29 is 132 Å². The minimum absolute atomic E-state index is 0. The Labute approximate surface area is 314 Å². The molecule has 0 aromatic rings. The predicted octanol–water partition coefficient (Wildman–Crippen LogP) is 2.13. The van der Waals surface area contributed by atoms with Crippen LogP contribution in [0, 0.1) is 123 Å². The van der Waals surface area contributed by atoms with Gasteiger partial charge in [-0.05, 0) is 50.2 Å². The largest absolute Gasteiger partial charge is 0.457 e. The number of aliphatic hydroxyl groups is 3. The zero-order valence-corrected chi connectivity index (χ0v) is 35.2. The molecule has 3 aliphatic carbocycles. The van der Waals surface area contributed by atoms with Crippen LogP contribution in [0.25, 0.3) is 0 Å². The number of rotatable bonds is 4. The smallest absolute Gasteiger partial charge is 0.407 e. The molecule has 0 spiro atoms. The van der Waals surface area contributed by atoms with Gasteiger partial charge in [0.05, 0.1) is 31.3 Å². The van der Waals surface area contributed by atoms with Gasteiger partial charge in [0.2, 0.25) is 0 Å². The second-order valence-electron chi connectivity index (χ2n) is 13.2. The van der Waals surface area contributed by atoms with Crippen molar-refractivity contribution in [1.82, 2.24) is 5.32 Å². The first-order chi connectivity index (χ1) is 17.9. The SMILES string of the molecule is COC(=O)NC(C)C(C)C(=O)OC1CC2(O)C(C)C3C4(O)COC4CC(C)[C@@]3(C)C(=O)C(O)C(=C1C)C2(C)C.[Ac].[Ac]. The van der Waals surface area contributed by atoms with Gasteiger partial charge in [0.1, 0.15) is 17.8 Å². The number of ether oxygens (including phenoxy) is 3. The van der Waals surface area contributed by atoms with Gasteiger partial charge >= 0.3 is 12.1 Å². The molecule has 0 aromatic heterocycles. The quantitative estimate of drug-likeness (QED) is 0.246. The molecular formula is C29H45Ac2NO9. The zero-order valence-electron chi connectivity index (χ0n) is 25.7. The summed E-state index contributed by atoms with van der Waals surface area (Å²) in [7, 11) is 1.23. The fraction of sp³-hybridized carbons (Fsp3) is 0.828. The second-order valence-corrected chi connectivity index (χ2v) is 13.2. The number of hydrogen-bond donors (Lipinski definition) is 4. The summed E-state index contributed by atoms with van der Waals surface area (Å²) in [5.41, 5.74) is -4.18. The summed E-state index contributed by atoms with van der Waals surface area (Å²) in [4.78, 5) is 39.1. The molecule has 10 unspecified atom stereocenters. The average Bonchev–Trinajstić information content (AvgIpc) is 2.86. The Morgan fingerprint density at radius 2 is 1.71 bits per heavy atom. The molecule has 1 aliphatic heterocycles. The molecule has 1 heterocycles. The van der Waals surface area contributed by atoms with E-state index in [9.17, 15) is 29.7 Å². The van der Waals surface area contributed by atoms with Gasteiger partial charge in [-0.3, -0.25) is 9.59 Å².